The minimum Gasteiger partial charge on any atom is -0.376 e. The van der Waals surface area contributed by atoms with Gasteiger partial charge in [0.2, 0.25) is 0 Å². The Labute approximate surface area is 156 Å². The molecule has 2 aliphatic heterocycles. The summed E-state index contributed by atoms with van der Waals surface area (Å²) >= 11 is 6.03. The highest BCUT2D eigenvalue weighted by molar-refractivity contribution is 6.30. The van der Waals surface area contributed by atoms with Crippen LogP contribution in [0.4, 0.5) is 0 Å². The topological polar surface area (TPSA) is 33.7 Å². The van der Waals surface area contributed by atoms with Crippen molar-refractivity contribution in [3.63, 3.8) is 0 Å². The van der Waals surface area contributed by atoms with Crippen LogP contribution in [0.2, 0.25) is 5.02 Å². The van der Waals surface area contributed by atoms with Crippen LogP contribution in [0.1, 0.15) is 32.3 Å². The number of hydrogen-bond acceptors (Lipinski definition) is 4. The minimum atomic E-state index is -0.267. The zero-order valence-corrected chi connectivity index (χ0v) is 16.4. The molecular formula is C20H31ClN2O2. The fraction of sp³-hybridized carbons (Fsp3) is 0.700. The SMILES string of the molecule is COC(C)(C)[C@H]1CN(C2CCNCC2)[C@@H](Cc2ccc(Cl)cc2)CO1. The maximum absolute atomic E-state index is 6.25. The van der Waals surface area contributed by atoms with Crippen LogP contribution in [0.25, 0.3) is 0 Å². The molecule has 2 aliphatic rings. The zero-order chi connectivity index (χ0) is 17.9. The zero-order valence-electron chi connectivity index (χ0n) is 15.6. The lowest BCUT2D eigenvalue weighted by Gasteiger charge is -2.48. The van der Waals surface area contributed by atoms with Crippen LogP contribution >= 0.6 is 11.6 Å². The van der Waals surface area contributed by atoms with E-state index in [4.69, 9.17) is 21.1 Å². The third-order valence-electron chi connectivity index (χ3n) is 5.80. The molecule has 3 rings (SSSR count). The smallest absolute Gasteiger partial charge is 0.0986 e. The third-order valence-corrected chi connectivity index (χ3v) is 6.05. The van der Waals surface area contributed by atoms with Gasteiger partial charge in [0.1, 0.15) is 0 Å². The Hall–Kier alpha value is -0.650. The maximum Gasteiger partial charge on any atom is 0.0986 e. The molecule has 25 heavy (non-hydrogen) atoms. The Morgan fingerprint density at radius 2 is 1.92 bits per heavy atom. The standard InChI is InChI=1S/C20H31ClN2O2/c1-20(2,24-3)19-13-23(17-8-10-22-11-9-17)18(14-25-19)12-15-4-6-16(21)7-5-15/h4-7,17-19,22H,8-14H2,1-3H3/t18-,19+/m0/s1. The van der Waals surface area contributed by atoms with E-state index in [9.17, 15) is 0 Å². The summed E-state index contributed by atoms with van der Waals surface area (Å²) in [5, 5.41) is 4.27. The van der Waals surface area contributed by atoms with Crippen LogP contribution in [0, 0.1) is 0 Å². The molecule has 0 radical (unpaired) electrons. The summed E-state index contributed by atoms with van der Waals surface area (Å²) in [6, 6.07) is 9.26. The molecule has 1 aromatic carbocycles. The predicted molar refractivity (Wildman–Crippen MR) is 102 cm³/mol. The van der Waals surface area contributed by atoms with E-state index in [0.29, 0.717) is 12.1 Å². The second-order valence-corrected chi connectivity index (χ2v) is 8.23. The summed E-state index contributed by atoms with van der Waals surface area (Å²) in [5.74, 6) is 0. The van der Waals surface area contributed by atoms with Gasteiger partial charge in [-0.05, 0) is 63.9 Å². The molecule has 0 aromatic heterocycles. The van der Waals surface area contributed by atoms with Gasteiger partial charge in [-0.15, -0.1) is 0 Å². The van der Waals surface area contributed by atoms with Crippen molar-refractivity contribution in [2.75, 3.05) is 33.4 Å². The summed E-state index contributed by atoms with van der Waals surface area (Å²) in [6.45, 7) is 8.14. The second-order valence-electron chi connectivity index (χ2n) is 7.79. The summed E-state index contributed by atoms with van der Waals surface area (Å²) in [5.41, 5.74) is 1.05. The number of nitrogens with one attached hydrogen (secondary N) is 1. The van der Waals surface area contributed by atoms with E-state index in [1.54, 1.807) is 7.11 Å². The lowest BCUT2D eigenvalue weighted by molar-refractivity contribution is -0.165. The summed E-state index contributed by atoms with van der Waals surface area (Å²) in [7, 11) is 1.78. The molecular weight excluding hydrogens is 336 g/mol. The molecule has 0 bridgehead atoms. The number of morpholine rings is 1. The van der Waals surface area contributed by atoms with E-state index in [-0.39, 0.29) is 11.7 Å². The van der Waals surface area contributed by atoms with Crippen LogP contribution in [0.5, 0.6) is 0 Å². The Morgan fingerprint density at radius 1 is 1.24 bits per heavy atom. The first-order valence-corrected chi connectivity index (χ1v) is 9.75. The van der Waals surface area contributed by atoms with E-state index in [0.717, 1.165) is 37.7 Å². The third kappa shape index (κ3) is 4.75. The van der Waals surface area contributed by atoms with Gasteiger partial charge in [0.05, 0.1) is 18.3 Å². The number of ether oxygens (including phenoxy) is 2. The van der Waals surface area contributed by atoms with Crippen LogP contribution in [0.15, 0.2) is 24.3 Å². The molecule has 0 saturated carbocycles. The molecule has 1 aromatic rings. The van der Waals surface area contributed by atoms with Crippen molar-refractivity contribution < 1.29 is 9.47 Å². The first-order chi connectivity index (χ1) is 12.0. The first kappa shape index (κ1) is 19.1. The van der Waals surface area contributed by atoms with Crippen molar-refractivity contribution in [1.82, 2.24) is 10.2 Å². The number of halogens is 1. The van der Waals surface area contributed by atoms with Gasteiger partial charge in [-0.2, -0.15) is 0 Å². The number of hydrogen-bond donors (Lipinski definition) is 1. The van der Waals surface area contributed by atoms with Crippen LogP contribution in [0.3, 0.4) is 0 Å². The van der Waals surface area contributed by atoms with Gasteiger partial charge >= 0.3 is 0 Å². The van der Waals surface area contributed by atoms with Crippen molar-refractivity contribution in [3.05, 3.63) is 34.9 Å². The fourth-order valence-electron chi connectivity index (χ4n) is 3.92. The Bertz CT molecular complexity index is 543. The lowest BCUT2D eigenvalue weighted by Crippen LogP contribution is -2.61. The molecule has 2 heterocycles. The minimum absolute atomic E-state index is 0.105. The maximum atomic E-state index is 6.25. The predicted octanol–water partition coefficient (Wildman–Crippen LogP) is 3.13. The molecule has 0 spiro atoms. The summed E-state index contributed by atoms with van der Waals surface area (Å²) in [4.78, 5) is 2.68. The van der Waals surface area contributed by atoms with E-state index in [2.05, 4.69) is 36.2 Å². The number of rotatable bonds is 5. The molecule has 0 aliphatic carbocycles. The van der Waals surface area contributed by atoms with Crippen LogP contribution in [-0.4, -0.2) is 62.0 Å². The Morgan fingerprint density at radius 3 is 2.56 bits per heavy atom. The number of benzene rings is 1. The molecule has 2 fully saturated rings. The van der Waals surface area contributed by atoms with Gasteiger partial charge in [-0.3, -0.25) is 4.90 Å². The molecule has 2 saturated heterocycles. The fourth-order valence-corrected chi connectivity index (χ4v) is 4.05. The van der Waals surface area contributed by atoms with E-state index >= 15 is 0 Å². The van der Waals surface area contributed by atoms with E-state index in [1.807, 2.05) is 12.1 Å². The average molecular weight is 367 g/mol. The van der Waals surface area contributed by atoms with Gasteiger partial charge < -0.3 is 14.8 Å². The van der Waals surface area contributed by atoms with Crippen molar-refractivity contribution in [3.8, 4) is 0 Å². The Balaban J connectivity index is 1.74. The van der Waals surface area contributed by atoms with Crippen molar-refractivity contribution >= 4 is 11.6 Å². The van der Waals surface area contributed by atoms with Gasteiger partial charge in [-0.25, -0.2) is 0 Å². The van der Waals surface area contributed by atoms with Gasteiger partial charge in [-0.1, -0.05) is 23.7 Å². The highest BCUT2D eigenvalue weighted by Crippen LogP contribution is 2.28. The van der Waals surface area contributed by atoms with Crippen molar-refractivity contribution in [1.29, 1.82) is 0 Å². The Kier molecular flexibility index (Phi) is 6.39. The highest BCUT2D eigenvalue weighted by Gasteiger charge is 2.40. The summed E-state index contributed by atoms with van der Waals surface area (Å²) < 4.78 is 12.0. The first-order valence-electron chi connectivity index (χ1n) is 9.37. The molecule has 140 valence electrons. The van der Waals surface area contributed by atoms with E-state index < -0.39 is 0 Å². The molecule has 2 atom stereocenters. The molecule has 0 unspecified atom stereocenters. The van der Waals surface area contributed by atoms with Gasteiger partial charge in [0.25, 0.3) is 0 Å². The van der Waals surface area contributed by atoms with Gasteiger partial charge in [0.15, 0.2) is 0 Å². The lowest BCUT2D eigenvalue weighted by atomic mass is 9.93. The van der Waals surface area contributed by atoms with Crippen molar-refractivity contribution in [2.24, 2.45) is 0 Å². The second kappa shape index (κ2) is 8.36. The number of piperidine rings is 1. The van der Waals surface area contributed by atoms with E-state index in [1.165, 1.54) is 18.4 Å². The monoisotopic (exact) mass is 366 g/mol. The van der Waals surface area contributed by atoms with Crippen LogP contribution in [-0.2, 0) is 15.9 Å². The quantitative estimate of drug-likeness (QED) is 0.868. The van der Waals surface area contributed by atoms with Crippen LogP contribution < -0.4 is 5.32 Å². The largest absolute Gasteiger partial charge is 0.376 e. The summed E-state index contributed by atoms with van der Waals surface area (Å²) in [6.07, 6.45) is 3.52. The average Bonchev–Trinajstić information content (AvgIpc) is 2.64. The molecule has 5 heteroatoms. The van der Waals surface area contributed by atoms with Gasteiger partial charge in [0, 0.05) is 30.8 Å². The molecule has 4 nitrogen and oxygen atoms in total. The number of methoxy groups -OCH3 is 1. The normalized spacial score (nSPS) is 26.7. The van der Waals surface area contributed by atoms with Crippen molar-refractivity contribution in [2.45, 2.75) is 56.9 Å². The molecule has 1 N–H and O–H groups in total. The number of nitrogens with zero attached hydrogens (tertiary/aromatic N) is 1. The molecule has 0 amide bonds. The highest BCUT2D eigenvalue weighted by atomic mass is 35.5.